The number of hydrogen-bond donors (Lipinski definition) is 1. The third-order valence-electron chi connectivity index (χ3n) is 3.01. The molecule has 0 bridgehead atoms. The van der Waals surface area contributed by atoms with E-state index in [4.69, 9.17) is 4.74 Å². The monoisotopic (exact) mass is 303 g/mol. The van der Waals surface area contributed by atoms with E-state index in [1.165, 1.54) is 0 Å². The van der Waals surface area contributed by atoms with Gasteiger partial charge in [0.25, 0.3) is 5.91 Å². The molecule has 2 aromatic heterocycles. The third kappa shape index (κ3) is 4.28. The number of aromatic nitrogens is 4. The number of aryl methyl sites for hydroxylation is 1. The first kappa shape index (κ1) is 15.9. The van der Waals surface area contributed by atoms with E-state index in [0.717, 1.165) is 5.82 Å². The molecule has 2 aromatic rings. The predicted molar refractivity (Wildman–Crippen MR) is 81.6 cm³/mol. The van der Waals surface area contributed by atoms with Crippen LogP contribution in [0.3, 0.4) is 0 Å². The number of carbonyl (C=O) groups excluding carboxylic acids is 1. The maximum Gasteiger partial charge on any atom is 0.256 e. The van der Waals surface area contributed by atoms with E-state index >= 15 is 0 Å². The number of rotatable bonds is 7. The molecule has 0 radical (unpaired) electrons. The van der Waals surface area contributed by atoms with Gasteiger partial charge in [0.05, 0.1) is 6.61 Å². The number of carbonyl (C=O) groups is 1. The fraction of sp³-hybridized carbons (Fsp3) is 0.467. The Morgan fingerprint density at radius 2 is 2.27 bits per heavy atom. The van der Waals surface area contributed by atoms with Gasteiger partial charge in [0.1, 0.15) is 17.7 Å². The average molecular weight is 303 g/mol. The van der Waals surface area contributed by atoms with Crippen molar-refractivity contribution in [2.24, 2.45) is 13.0 Å². The second-order valence-corrected chi connectivity index (χ2v) is 5.42. The van der Waals surface area contributed by atoms with E-state index < -0.39 is 0 Å². The second kappa shape index (κ2) is 7.53. The summed E-state index contributed by atoms with van der Waals surface area (Å²) in [7, 11) is 1.87. The van der Waals surface area contributed by atoms with Crippen LogP contribution in [0.1, 0.15) is 30.0 Å². The van der Waals surface area contributed by atoms with Crippen molar-refractivity contribution >= 4 is 5.91 Å². The SMILES string of the molecule is CC(C)COc1ncccc1C(=O)NCCc1nncn1C. The minimum absolute atomic E-state index is 0.200. The molecule has 7 nitrogen and oxygen atoms in total. The van der Waals surface area contributed by atoms with Gasteiger partial charge in [0.2, 0.25) is 5.88 Å². The molecule has 0 atom stereocenters. The molecule has 7 heteroatoms. The molecule has 0 aromatic carbocycles. The normalized spacial score (nSPS) is 10.7. The van der Waals surface area contributed by atoms with Crippen molar-refractivity contribution in [2.75, 3.05) is 13.2 Å². The van der Waals surface area contributed by atoms with Gasteiger partial charge in [0, 0.05) is 26.2 Å². The van der Waals surface area contributed by atoms with Gasteiger partial charge in [-0.25, -0.2) is 4.98 Å². The summed E-state index contributed by atoms with van der Waals surface area (Å²) in [5, 5.41) is 10.6. The molecule has 0 aliphatic rings. The highest BCUT2D eigenvalue weighted by molar-refractivity contribution is 5.96. The molecule has 118 valence electrons. The zero-order valence-electron chi connectivity index (χ0n) is 13.1. The maximum absolute atomic E-state index is 12.2. The van der Waals surface area contributed by atoms with E-state index in [1.807, 2.05) is 25.5 Å². The van der Waals surface area contributed by atoms with Gasteiger partial charge in [-0.15, -0.1) is 10.2 Å². The fourth-order valence-electron chi connectivity index (χ4n) is 1.84. The summed E-state index contributed by atoms with van der Waals surface area (Å²) in [6, 6.07) is 3.43. The fourth-order valence-corrected chi connectivity index (χ4v) is 1.84. The number of amides is 1. The predicted octanol–water partition coefficient (Wildman–Crippen LogP) is 1.22. The molecule has 0 saturated carbocycles. The van der Waals surface area contributed by atoms with Gasteiger partial charge in [-0.3, -0.25) is 4.79 Å². The van der Waals surface area contributed by atoms with Crippen molar-refractivity contribution in [1.29, 1.82) is 0 Å². The van der Waals surface area contributed by atoms with E-state index in [2.05, 4.69) is 20.5 Å². The van der Waals surface area contributed by atoms with Crippen LogP contribution in [0.2, 0.25) is 0 Å². The lowest BCUT2D eigenvalue weighted by Crippen LogP contribution is -2.27. The summed E-state index contributed by atoms with van der Waals surface area (Å²) in [5.74, 6) is 1.36. The standard InChI is InChI=1S/C15H21N5O2/c1-11(2)9-22-15-12(5-4-7-17-15)14(21)16-8-6-13-19-18-10-20(13)3/h4-5,7,10-11H,6,8-9H2,1-3H3,(H,16,21). The molecule has 2 rings (SSSR count). The first-order valence-corrected chi connectivity index (χ1v) is 7.26. The molecule has 0 unspecified atom stereocenters. The molecule has 0 aliphatic carbocycles. The van der Waals surface area contributed by atoms with E-state index in [9.17, 15) is 4.79 Å². The first-order valence-electron chi connectivity index (χ1n) is 7.26. The Balaban J connectivity index is 1.93. The summed E-state index contributed by atoms with van der Waals surface area (Å²) >= 11 is 0. The quantitative estimate of drug-likeness (QED) is 0.831. The van der Waals surface area contributed by atoms with Crippen molar-refractivity contribution in [2.45, 2.75) is 20.3 Å². The first-order chi connectivity index (χ1) is 10.6. The van der Waals surface area contributed by atoms with Crippen LogP contribution in [0.25, 0.3) is 0 Å². The van der Waals surface area contributed by atoms with Gasteiger partial charge < -0.3 is 14.6 Å². The number of hydrogen-bond acceptors (Lipinski definition) is 5. The molecule has 1 N–H and O–H groups in total. The van der Waals surface area contributed by atoms with Gasteiger partial charge in [-0.1, -0.05) is 13.8 Å². The lowest BCUT2D eigenvalue weighted by Gasteiger charge is -2.11. The average Bonchev–Trinajstić information content (AvgIpc) is 2.90. The Morgan fingerprint density at radius 3 is 2.95 bits per heavy atom. The third-order valence-corrected chi connectivity index (χ3v) is 3.01. The van der Waals surface area contributed by atoms with Crippen LogP contribution >= 0.6 is 0 Å². The molecule has 0 fully saturated rings. The summed E-state index contributed by atoms with van der Waals surface area (Å²) in [5.41, 5.74) is 0.445. The lowest BCUT2D eigenvalue weighted by atomic mass is 10.2. The molecule has 0 aliphatic heterocycles. The highest BCUT2D eigenvalue weighted by Crippen LogP contribution is 2.15. The molecule has 2 heterocycles. The van der Waals surface area contributed by atoms with Crippen LogP contribution in [0.5, 0.6) is 5.88 Å². The van der Waals surface area contributed by atoms with Crippen molar-refractivity contribution in [3.05, 3.63) is 36.0 Å². The van der Waals surface area contributed by atoms with Crippen molar-refractivity contribution in [1.82, 2.24) is 25.1 Å². The Kier molecular flexibility index (Phi) is 5.46. The molecule has 22 heavy (non-hydrogen) atoms. The van der Waals surface area contributed by atoms with Crippen molar-refractivity contribution in [3.63, 3.8) is 0 Å². The summed E-state index contributed by atoms with van der Waals surface area (Å²) in [6.07, 6.45) is 3.87. The number of ether oxygens (including phenoxy) is 1. The van der Waals surface area contributed by atoms with Gasteiger partial charge in [-0.05, 0) is 18.1 Å². The van der Waals surface area contributed by atoms with Crippen molar-refractivity contribution in [3.8, 4) is 5.88 Å². The van der Waals surface area contributed by atoms with Crippen LogP contribution in [0.4, 0.5) is 0 Å². The zero-order valence-corrected chi connectivity index (χ0v) is 13.1. The van der Waals surface area contributed by atoms with Gasteiger partial charge in [0.15, 0.2) is 0 Å². The molecular weight excluding hydrogens is 282 g/mol. The second-order valence-electron chi connectivity index (χ2n) is 5.42. The number of nitrogens with zero attached hydrogens (tertiary/aromatic N) is 4. The summed E-state index contributed by atoms with van der Waals surface area (Å²) < 4.78 is 7.42. The van der Waals surface area contributed by atoms with Crippen LogP contribution < -0.4 is 10.1 Å². The van der Waals surface area contributed by atoms with Crippen molar-refractivity contribution < 1.29 is 9.53 Å². The Bertz CT molecular complexity index is 624. The number of nitrogens with one attached hydrogen (secondary N) is 1. The van der Waals surface area contributed by atoms with Crippen LogP contribution in [0.15, 0.2) is 24.7 Å². The van der Waals surface area contributed by atoms with E-state index in [-0.39, 0.29) is 5.91 Å². The largest absolute Gasteiger partial charge is 0.477 e. The maximum atomic E-state index is 12.2. The highest BCUT2D eigenvalue weighted by atomic mass is 16.5. The summed E-state index contributed by atoms with van der Waals surface area (Å²) in [6.45, 7) is 5.09. The zero-order chi connectivity index (χ0) is 15.9. The van der Waals surface area contributed by atoms with Crippen LogP contribution in [-0.4, -0.2) is 38.8 Å². The van der Waals surface area contributed by atoms with Gasteiger partial charge in [-0.2, -0.15) is 0 Å². The smallest absolute Gasteiger partial charge is 0.256 e. The Morgan fingerprint density at radius 1 is 1.45 bits per heavy atom. The minimum atomic E-state index is -0.200. The van der Waals surface area contributed by atoms with Crippen LogP contribution in [0, 0.1) is 5.92 Å². The van der Waals surface area contributed by atoms with Gasteiger partial charge >= 0.3 is 0 Å². The Labute approximate surface area is 129 Å². The summed E-state index contributed by atoms with van der Waals surface area (Å²) in [4.78, 5) is 16.4. The molecule has 0 spiro atoms. The molecule has 1 amide bonds. The van der Waals surface area contributed by atoms with Crippen LogP contribution in [-0.2, 0) is 13.5 Å². The number of pyridine rings is 1. The molecular formula is C15H21N5O2. The minimum Gasteiger partial charge on any atom is -0.477 e. The van der Waals surface area contributed by atoms with E-state index in [1.54, 1.807) is 24.7 Å². The Hall–Kier alpha value is -2.44. The highest BCUT2D eigenvalue weighted by Gasteiger charge is 2.14. The van der Waals surface area contributed by atoms with E-state index in [0.29, 0.717) is 36.9 Å². The lowest BCUT2D eigenvalue weighted by molar-refractivity contribution is 0.0948. The topological polar surface area (TPSA) is 81.9 Å². The molecule has 0 saturated heterocycles.